The Hall–Kier alpha value is -1.61. The Bertz CT molecular complexity index is 711. The van der Waals surface area contributed by atoms with Crippen LogP contribution in [0.3, 0.4) is 0 Å². The summed E-state index contributed by atoms with van der Waals surface area (Å²) in [5, 5.41) is 12.4. The molecule has 0 bridgehead atoms. The monoisotopic (exact) mass is 357 g/mol. The van der Waals surface area contributed by atoms with Crippen LogP contribution in [0.5, 0.6) is 0 Å². The number of rotatable bonds is 7. The predicted octanol–water partition coefficient (Wildman–Crippen LogP) is 4.91. The largest absolute Gasteiger partial charge is 0.385 e. The maximum Gasteiger partial charge on any atom is 0.0935 e. The highest BCUT2D eigenvalue weighted by Gasteiger charge is 2.36. The van der Waals surface area contributed by atoms with Gasteiger partial charge in [-0.25, -0.2) is 0 Å². The quantitative estimate of drug-likeness (QED) is 0.760. The van der Waals surface area contributed by atoms with Crippen molar-refractivity contribution in [2.75, 3.05) is 20.6 Å². The van der Waals surface area contributed by atoms with E-state index in [1.807, 2.05) is 63.5 Å². The third-order valence-electron chi connectivity index (χ3n) is 4.74. The Kier molecular flexibility index (Phi) is 6.83. The van der Waals surface area contributed by atoms with Crippen LogP contribution in [-0.2, 0) is 6.42 Å². The molecule has 3 heteroatoms. The first-order valence-corrected chi connectivity index (χ1v) is 9.05. The maximum atomic E-state index is 11.7. The molecule has 0 saturated carbocycles. The van der Waals surface area contributed by atoms with E-state index in [9.17, 15) is 5.11 Å². The summed E-state index contributed by atoms with van der Waals surface area (Å²) in [4.78, 5) is 2.11. The fourth-order valence-corrected chi connectivity index (χ4v) is 3.46. The minimum Gasteiger partial charge on any atom is -0.385 e. The van der Waals surface area contributed by atoms with Gasteiger partial charge in [0.1, 0.15) is 0 Å². The van der Waals surface area contributed by atoms with Crippen molar-refractivity contribution in [3.63, 3.8) is 0 Å². The zero-order valence-corrected chi connectivity index (χ0v) is 16.3. The molecule has 0 fully saturated rings. The lowest BCUT2D eigenvalue weighted by molar-refractivity contribution is 0.0150. The highest BCUT2D eigenvalue weighted by atomic mass is 35.5. The van der Waals surface area contributed by atoms with Gasteiger partial charge in [-0.1, -0.05) is 73.1 Å². The number of hydrogen-bond acceptors (Lipinski definition) is 2. The smallest absolute Gasteiger partial charge is 0.0935 e. The molecule has 2 unspecified atom stereocenters. The van der Waals surface area contributed by atoms with E-state index in [1.54, 1.807) is 0 Å². The van der Waals surface area contributed by atoms with Crippen molar-refractivity contribution in [1.82, 2.24) is 4.90 Å². The molecule has 0 radical (unpaired) electrons. The van der Waals surface area contributed by atoms with E-state index in [1.165, 1.54) is 0 Å². The molecule has 2 atom stereocenters. The number of nitrogens with zero attached hydrogens (tertiary/aromatic N) is 1. The summed E-state index contributed by atoms with van der Waals surface area (Å²) in [6, 6.07) is 17.9. The fourth-order valence-electron chi connectivity index (χ4n) is 3.26. The molecule has 0 spiro atoms. The molecular formula is C22H28ClNO. The lowest BCUT2D eigenvalue weighted by Gasteiger charge is -2.37. The van der Waals surface area contributed by atoms with Crippen LogP contribution >= 0.6 is 11.6 Å². The Labute approximate surface area is 156 Å². The average Bonchev–Trinajstić information content (AvgIpc) is 2.57. The minimum atomic E-state index is -0.967. The van der Waals surface area contributed by atoms with Crippen molar-refractivity contribution in [3.05, 3.63) is 76.3 Å². The lowest BCUT2D eigenvalue weighted by atomic mass is 9.77. The highest BCUT2D eigenvalue weighted by molar-refractivity contribution is 6.31. The molecule has 25 heavy (non-hydrogen) atoms. The summed E-state index contributed by atoms with van der Waals surface area (Å²) in [7, 11) is 4.06. The SMILES string of the molecule is C/C(=C\c1ccccc1)C(O)(Cc1ccccc1Cl)C(C)CN(C)C. The first kappa shape index (κ1) is 19.7. The Morgan fingerprint density at radius 3 is 2.32 bits per heavy atom. The second-order valence-corrected chi connectivity index (χ2v) is 7.50. The van der Waals surface area contributed by atoms with E-state index < -0.39 is 5.60 Å². The van der Waals surface area contributed by atoms with Gasteiger partial charge in [0, 0.05) is 23.9 Å². The van der Waals surface area contributed by atoms with E-state index in [-0.39, 0.29) is 5.92 Å². The molecule has 2 aromatic carbocycles. The molecular weight excluding hydrogens is 330 g/mol. The van der Waals surface area contributed by atoms with E-state index in [0.29, 0.717) is 11.4 Å². The van der Waals surface area contributed by atoms with E-state index in [0.717, 1.165) is 23.2 Å². The summed E-state index contributed by atoms with van der Waals surface area (Å²) in [6.07, 6.45) is 2.57. The highest BCUT2D eigenvalue weighted by Crippen LogP contribution is 2.33. The third kappa shape index (κ3) is 5.18. The molecule has 1 N–H and O–H groups in total. The van der Waals surface area contributed by atoms with Gasteiger partial charge in [-0.2, -0.15) is 0 Å². The summed E-state index contributed by atoms with van der Waals surface area (Å²) in [5.41, 5.74) is 2.05. The molecule has 0 aliphatic carbocycles. The Balaban J connectivity index is 2.41. The van der Waals surface area contributed by atoms with Crippen LogP contribution in [0, 0.1) is 5.92 Å². The van der Waals surface area contributed by atoms with Crippen molar-refractivity contribution in [1.29, 1.82) is 0 Å². The van der Waals surface area contributed by atoms with Gasteiger partial charge in [-0.3, -0.25) is 0 Å². The summed E-state index contributed by atoms with van der Waals surface area (Å²) in [5.74, 6) is 0.0544. The number of aliphatic hydroxyl groups is 1. The predicted molar refractivity (Wildman–Crippen MR) is 108 cm³/mol. The van der Waals surface area contributed by atoms with Gasteiger partial charge in [0.15, 0.2) is 0 Å². The first-order chi connectivity index (χ1) is 11.8. The normalized spacial score (nSPS) is 15.9. The molecule has 2 nitrogen and oxygen atoms in total. The Morgan fingerprint density at radius 1 is 1.12 bits per heavy atom. The van der Waals surface area contributed by atoms with E-state index in [2.05, 4.69) is 30.0 Å². The molecule has 2 aromatic rings. The summed E-state index contributed by atoms with van der Waals surface area (Å²) in [6.45, 7) is 4.90. The summed E-state index contributed by atoms with van der Waals surface area (Å²) < 4.78 is 0. The van der Waals surface area contributed by atoms with E-state index in [4.69, 9.17) is 11.6 Å². The second kappa shape index (κ2) is 8.66. The molecule has 0 aliphatic heterocycles. The third-order valence-corrected chi connectivity index (χ3v) is 5.11. The van der Waals surface area contributed by atoms with Crippen LogP contribution < -0.4 is 0 Å². The van der Waals surface area contributed by atoms with Crippen molar-refractivity contribution in [2.24, 2.45) is 5.92 Å². The lowest BCUT2D eigenvalue weighted by Crippen LogP contribution is -2.44. The number of benzene rings is 2. The molecule has 0 aromatic heterocycles. The van der Waals surface area contributed by atoms with Gasteiger partial charge in [0.2, 0.25) is 0 Å². The van der Waals surface area contributed by atoms with Crippen LogP contribution in [0.1, 0.15) is 25.0 Å². The first-order valence-electron chi connectivity index (χ1n) is 8.67. The Morgan fingerprint density at radius 2 is 1.72 bits per heavy atom. The summed E-state index contributed by atoms with van der Waals surface area (Å²) >= 11 is 6.36. The van der Waals surface area contributed by atoms with Gasteiger partial charge in [-0.15, -0.1) is 0 Å². The standard InChI is InChI=1S/C22H28ClNO/c1-17(14-19-10-6-5-7-11-19)22(25,18(2)16-24(3)4)15-20-12-8-9-13-21(20)23/h5-14,18,25H,15-16H2,1-4H3/b17-14+. The van der Waals surface area contributed by atoms with Crippen molar-refractivity contribution in [3.8, 4) is 0 Å². The topological polar surface area (TPSA) is 23.5 Å². The van der Waals surface area contributed by atoms with Crippen LogP contribution in [0.4, 0.5) is 0 Å². The molecule has 0 saturated heterocycles. The fraction of sp³-hybridized carbons (Fsp3) is 0.364. The van der Waals surface area contributed by atoms with Crippen LogP contribution in [0.25, 0.3) is 6.08 Å². The van der Waals surface area contributed by atoms with Crippen molar-refractivity contribution < 1.29 is 5.11 Å². The number of halogens is 1. The molecule has 0 amide bonds. The van der Waals surface area contributed by atoms with Crippen LogP contribution in [-0.4, -0.2) is 36.2 Å². The van der Waals surface area contributed by atoms with Gasteiger partial charge < -0.3 is 10.0 Å². The molecule has 134 valence electrons. The van der Waals surface area contributed by atoms with Crippen molar-refractivity contribution >= 4 is 17.7 Å². The zero-order valence-electron chi connectivity index (χ0n) is 15.5. The maximum absolute atomic E-state index is 11.7. The van der Waals surface area contributed by atoms with Gasteiger partial charge in [0.25, 0.3) is 0 Å². The molecule has 2 rings (SSSR count). The van der Waals surface area contributed by atoms with Gasteiger partial charge in [-0.05, 0) is 43.8 Å². The van der Waals surface area contributed by atoms with Crippen LogP contribution in [0.15, 0.2) is 60.2 Å². The van der Waals surface area contributed by atoms with Gasteiger partial charge in [0.05, 0.1) is 5.60 Å². The number of hydrogen-bond donors (Lipinski definition) is 1. The zero-order chi connectivity index (χ0) is 18.4. The van der Waals surface area contributed by atoms with Crippen molar-refractivity contribution in [2.45, 2.75) is 25.9 Å². The van der Waals surface area contributed by atoms with Crippen LogP contribution in [0.2, 0.25) is 5.02 Å². The average molecular weight is 358 g/mol. The van der Waals surface area contributed by atoms with E-state index >= 15 is 0 Å². The minimum absolute atomic E-state index is 0.0544. The second-order valence-electron chi connectivity index (χ2n) is 7.09. The molecule has 0 heterocycles. The molecule has 0 aliphatic rings. The van der Waals surface area contributed by atoms with Gasteiger partial charge >= 0.3 is 0 Å².